The lowest BCUT2D eigenvalue weighted by atomic mass is 9.71. The number of ether oxygens (including phenoxy) is 2. The summed E-state index contributed by atoms with van der Waals surface area (Å²) in [6, 6.07) is 25.1. The van der Waals surface area contributed by atoms with Gasteiger partial charge >= 0.3 is 5.97 Å². The molecule has 5 rings (SSSR count). The summed E-state index contributed by atoms with van der Waals surface area (Å²) in [7, 11) is 0. The third kappa shape index (κ3) is 5.53. The quantitative estimate of drug-likeness (QED) is 0.276. The van der Waals surface area contributed by atoms with Gasteiger partial charge in [0, 0.05) is 34.3 Å². The van der Waals surface area contributed by atoms with Crippen LogP contribution in [0, 0.1) is 6.92 Å². The van der Waals surface area contributed by atoms with Crippen LogP contribution in [-0.2, 0) is 14.3 Å². The van der Waals surface area contributed by atoms with E-state index in [4.69, 9.17) is 21.1 Å². The first-order valence-electron chi connectivity index (χ1n) is 12.8. The molecule has 2 atom stereocenters. The van der Waals surface area contributed by atoms with Crippen molar-refractivity contribution in [2.24, 2.45) is 0 Å². The molecule has 0 aromatic heterocycles. The number of halogens is 1. The van der Waals surface area contributed by atoms with Crippen LogP contribution in [0.15, 0.2) is 101 Å². The van der Waals surface area contributed by atoms with Gasteiger partial charge in [-0.25, -0.2) is 4.79 Å². The summed E-state index contributed by atoms with van der Waals surface area (Å²) < 4.78 is 11.3. The van der Waals surface area contributed by atoms with Gasteiger partial charge in [-0.1, -0.05) is 71.8 Å². The van der Waals surface area contributed by atoms with E-state index in [-0.39, 0.29) is 24.9 Å². The molecule has 0 saturated heterocycles. The monoisotopic (exact) mass is 527 g/mol. The number of ketones is 1. The highest BCUT2D eigenvalue weighted by atomic mass is 35.5. The van der Waals surface area contributed by atoms with Crippen LogP contribution in [0.3, 0.4) is 0 Å². The zero-order valence-electron chi connectivity index (χ0n) is 21.5. The van der Waals surface area contributed by atoms with Crippen molar-refractivity contribution in [1.82, 2.24) is 5.32 Å². The Hall–Kier alpha value is -3.83. The highest BCUT2D eigenvalue weighted by molar-refractivity contribution is 6.30. The van der Waals surface area contributed by atoms with Crippen molar-refractivity contribution in [2.45, 2.75) is 38.5 Å². The summed E-state index contributed by atoms with van der Waals surface area (Å²) in [5, 5.41) is 4.07. The van der Waals surface area contributed by atoms with Gasteiger partial charge in [0.25, 0.3) is 0 Å². The zero-order chi connectivity index (χ0) is 26.6. The predicted molar refractivity (Wildman–Crippen MR) is 148 cm³/mol. The molecule has 1 aliphatic heterocycles. The number of hydrogen-bond donors (Lipinski definition) is 1. The van der Waals surface area contributed by atoms with Crippen LogP contribution in [0.5, 0.6) is 5.75 Å². The molecule has 1 heterocycles. The molecule has 0 radical (unpaired) electrons. The van der Waals surface area contributed by atoms with Gasteiger partial charge in [0.2, 0.25) is 0 Å². The molecule has 0 spiro atoms. The summed E-state index contributed by atoms with van der Waals surface area (Å²) in [6.07, 6.45) is 1.05. The molecule has 0 fully saturated rings. The highest BCUT2D eigenvalue weighted by Crippen LogP contribution is 2.45. The minimum Gasteiger partial charge on any atom is -0.490 e. The summed E-state index contributed by atoms with van der Waals surface area (Å²) in [4.78, 5) is 27.2. The van der Waals surface area contributed by atoms with Gasteiger partial charge in [0.05, 0.1) is 5.57 Å². The van der Waals surface area contributed by atoms with E-state index in [0.29, 0.717) is 40.5 Å². The molecule has 3 aromatic carbocycles. The van der Waals surface area contributed by atoms with E-state index >= 15 is 0 Å². The Morgan fingerprint density at radius 3 is 2.29 bits per heavy atom. The number of carbonyl (C=O) groups is 2. The van der Waals surface area contributed by atoms with Crippen molar-refractivity contribution in [1.29, 1.82) is 0 Å². The number of rotatable bonds is 7. The number of dihydropyridines is 1. The highest BCUT2D eigenvalue weighted by Gasteiger charge is 2.41. The molecule has 0 unspecified atom stereocenters. The minimum absolute atomic E-state index is 0.0366. The number of para-hydroxylation sites is 1. The Balaban J connectivity index is 1.41. The normalized spacial score (nSPS) is 19.1. The van der Waals surface area contributed by atoms with E-state index in [1.807, 2.05) is 92.7 Å². The molecule has 0 amide bonds. The first-order valence-corrected chi connectivity index (χ1v) is 13.2. The van der Waals surface area contributed by atoms with Crippen LogP contribution in [0.2, 0.25) is 5.02 Å². The zero-order valence-corrected chi connectivity index (χ0v) is 22.3. The van der Waals surface area contributed by atoms with Crippen LogP contribution >= 0.6 is 11.6 Å². The fourth-order valence-corrected chi connectivity index (χ4v) is 5.39. The first-order chi connectivity index (χ1) is 18.4. The third-order valence-electron chi connectivity index (χ3n) is 7.13. The van der Waals surface area contributed by atoms with Gasteiger partial charge in [-0.2, -0.15) is 0 Å². The van der Waals surface area contributed by atoms with Gasteiger partial charge in [0.15, 0.2) is 5.78 Å². The second-order valence-corrected chi connectivity index (χ2v) is 10.2. The van der Waals surface area contributed by atoms with Crippen LogP contribution < -0.4 is 10.1 Å². The van der Waals surface area contributed by atoms with E-state index in [1.165, 1.54) is 0 Å². The van der Waals surface area contributed by atoms with Crippen LogP contribution in [0.4, 0.5) is 0 Å². The molecule has 1 N–H and O–H groups in total. The molecule has 0 saturated carbocycles. The largest absolute Gasteiger partial charge is 0.490 e. The maximum absolute atomic E-state index is 13.7. The van der Waals surface area contributed by atoms with Crippen LogP contribution in [0.1, 0.15) is 48.3 Å². The average Bonchev–Trinajstić information content (AvgIpc) is 2.91. The molecule has 6 heteroatoms. The Bertz CT molecular complexity index is 1390. The maximum atomic E-state index is 13.7. The van der Waals surface area contributed by atoms with Crippen molar-refractivity contribution < 1.29 is 19.1 Å². The standard InChI is InChI=1S/C32H30ClNO4/c1-20-8-10-23(11-9-20)30-29(32(36)38-17-16-37-26-6-4-3-5-7-26)21(2)34-27-18-24(19-28(35)31(27)30)22-12-14-25(33)15-13-22/h3-15,24,30,34H,16-19H2,1-2H3/t24-,30-/m1/s1. The molecule has 1 aliphatic carbocycles. The van der Waals surface area contributed by atoms with Crippen LogP contribution in [0.25, 0.3) is 0 Å². The SMILES string of the molecule is CC1=C(C(=O)OCCOc2ccccc2)[C@@H](c2ccc(C)cc2)C2=C(C[C@@H](c3ccc(Cl)cc3)CC2=O)N1. The number of benzene rings is 3. The summed E-state index contributed by atoms with van der Waals surface area (Å²) in [5.74, 6) is -0.145. The topological polar surface area (TPSA) is 64.6 Å². The average molecular weight is 528 g/mol. The van der Waals surface area contributed by atoms with E-state index in [1.54, 1.807) is 0 Å². The minimum atomic E-state index is -0.493. The third-order valence-corrected chi connectivity index (χ3v) is 7.38. The van der Waals surface area contributed by atoms with Crippen LogP contribution in [-0.4, -0.2) is 25.0 Å². The number of Topliss-reactive ketones (excluding diaryl/α,β-unsaturated/α-hetero) is 1. The molecule has 194 valence electrons. The Labute approximate surface area is 228 Å². The lowest BCUT2D eigenvalue weighted by molar-refractivity contribution is -0.140. The lowest BCUT2D eigenvalue weighted by Crippen LogP contribution is -2.36. The molecule has 5 nitrogen and oxygen atoms in total. The molecular weight excluding hydrogens is 498 g/mol. The van der Waals surface area contributed by atoms with E-state index in [2.05, 4.69) is 5.32 Å². The van der Waals surface area contributed by atoms with Gasteiger partial charge in [-0.05, 0) is 61.6 Å². The van der Waals surface area contributed by atoms with E-state index < -0.39 is 11.9 Å². The molecule has 2 aliphatic rings. The Morgan fingerprint density at radius 1 is 0.895 bits per heavy atom. The second-order valence-electron chi connectivity index (χ2n) is 9.78. The van der Waals surface area contributed by atoms with Crippen molar-refractivity contribution in [3.8, 4) is 5.75 Å². The number of aryl methyl sites for hydroxylation is 1. The van der Waals surface area contributed by atoms with Crippen molar-refractivity contribution in [3.63, 3.8) is 0 Å². The number of carbonyl (C=O) groups excluding carboxylic acids is 2. The molecular formula is C32H30ClNO4. The number of allylic oxidation sites excluding steroid dienone is 3. The lowest BCUT2D eigenvalue weighted by Gasteiger charge is -2.36. The summed E-state index contributed by atoms with van der Waals surface area (Å²) in [5.41, 5.74) is 5.77. The molecule has 0 bridgehead atoms. The van der Waals surface area contributed by atoms with Crippen molar-refractivity contribution in [2.75, 3.05) is 13.2 Å². The fraction of sp³-hybridized carbons (Fsp3) is 0.250. The van der Waals surface area contributed by atoms with Gasteiger partial charge < -0.3 is 14.8 Å². The van der Waals surface area contributed by atoms with Crippen molar-refractivity contribution >= 4 is 23.4 Å². The maximum Gasteiger partial charge on any atom is 0.336 e. The molecule has 3 aromatic rings. The number of esters is 1. The fourth-order valence-electron chi connectivity index (χ4n) is 5.26. The predicted octanol–water partition coefficient (Wildman–Crippen LogP) is 6.63. The second kappa shape index (κ2) is 11.3. The first kappa shape index (κ1) is 25.8. The van der Waals surface area contributed by atoms with Gasteiger partial charge in [-0.15, -0.1) is 0 Å². The smallest absolute Gasteiger partial charge is 0.336 e. The molecule has 38 heavy (non-hydrogen) atoms. The Morgan fingerprint density at radius 2 is 1.58 bits per heavy atom. The number of hydrogen-bond acceptors (Lipinski definition) is 5. The van der Waals surface area contributed by atoms with Gasteiger partial charge in [0.1, 0.15) is 19.0 Å². The van der Waals surface area contributed by atoms with E-state index in [0.717, 1.165) is 22.4 Å². The Kier molecular flexibility index (Phi) is 7.66. The van der Waals surface area contributed by atoms with Gasteiger partial charge in [-0.3, -0.25) is 4.79 Å². The summed E-state index contributed by atoms with van der Waals surface area (Å²) >= 11 is 6.08. The van der Waals surface area contributed by atoms with Crippen molar-refractivity contribution in [3.05, 3.63) is 123 Å². The number of nitrogens with one attached hydrogen (secondary N) is 1. The van der Waals surface area contributed by atoms with E-state index in [9.17, 15) is 9.59 Å². The summed E-state index contributed by atoms with van der Waals surface area (Å²) in [6.45, 7) is 4.23.